The van der Waals surface area contributed by atoms with Crippen LogP contribution in [0.4, 0.5) is 0 Å². The van der Waals surface area contributed by atoms with E-state index < -0.39 is 0 Å². The number of likely N-dealkylation sites (tertiary alicyclic amines) is 1. The number of phenols is 1. The van der Waals surface area contributed by atoms with Crippen LogP contribution in [0.5, 0.6) is 5.75 Å². The summed E-state index contributed by atoms with van der Waals surface area (Å²) in [6.45, 7) is 4.80. The maximum Gasteiger partial charge on any atom is 0.119 e. The minimum Gasteiger partial charge on any atom is -0.508 e. The Balaban J connectivity index is 1.88. The van der Waals surface area contributed by atoms with Gasteiger partial charge in [-0.3, -0.25) is 4.90 Å². The number of hydrogen-bond donors (Lipinski definition) is 1. The maximum atomic E-state index is 10.1. The van der Waals surface area contributed by atoms with Gasteiger partial charge in [0.2, 0.25) is 0 Å². The Kier molecular flexibility index (Phi) is 2.62. The number of para-hydroxylation sites is 1. The first-order chi connectivity index (χ1) is 8.24. The zero-order valence-corrected chi connectivity index (χ0v) is 10.5. The van der Waals surface area contributed by atoms with Crippen LogP contribution < -0.4 is 0 Å². The fourth-order valence-corrected chi connectivity index (χ4v) is 3.42. The number of aromatic hydroxyl groups is 1. The van der Waals surface area contributed by atoms with Crippen molar-refractivity contribution in [3.63, 3.8) is 0 Å². The summed E-state index contributed by atoms with van der Waals surface area (Å²) < 4.78 is 0. The highest BCUT2D eigenvalue weighted by molar-refractivity contribution is 5.43. The van der Waals surface area contributed by atoms with E-state index >= 15 is 0 Å². The van der Waals surface area contributed by atoms with Gasteiger partial charge in [-0.1, -0.05) is 18.2 Å². The highest BCUT2D eigenvalue weighted by Gasteiger charge is 2.52. The maximum absolute atomic E-state index is 10.1. The standard InChI is InChI=1S/C15H21NO/c1-12(16-10-4-5-11-16)15(8-9-15)13-6-2-3-7-14(13)17/h2-3,6-7,12,17H,4-5,8-11H2,1H3. The van der Waals surface area contributed by atoms with Gasteiger partial charge in [-0.05, 0) is 51.8 Å². The van der Waals surface area contributed by atoms with Crippen molar-refractivity contribution in [1.29, 1.82) is 0 Å². The van der Waals surface area contributed by atoms with Crippen LogP contribution in [0.2, 0.25) is 0 Å². The van der Waals surface area contributed by atoms with Crippen LogP contribution >= 0.6 is 0 Å². The lowest BCUT2D eigenvalue weighted by Crippen LogP contribution is -2.39. The molecule has 92 valence electrons. The summed E-state index contributed by atoms with van der Waals surface area (Å²) in [4.78, 5) is 2.60. The van der Waals surface area contributed by atoms with Gasteiger partial charge >= 0.3 is 0 Å². The summed E-state index contributed by atoms with van der Waals surface area (Å²) in [7, 11) is 0. The minimum absolute atomic E-state index is 0.232. The Morgan fingerprint density at radius 2 is 1.82 bits per heavy atom. The molecule has 2 fully saturated rings. The van der Waals surface area contributed by atoms with Crippen LogP contribution in [-0.4, -0.2) is 29.1 Å². The number of rotatable bonds is 3. The third-order valence-electron chi connectivity index (χ3n) is 4.72. The molecular formula is C15H21NO. The molecule has 2 aliphatic rings. The average molecular weight is 231 g/mol. The largest absolute Gasteiger partial charge is 0.508 e. The summed E-state index contributed by atoms with van der Waals surface area (Å²) >= 11 is 0. The molecule has 0 bridgehead atoms. The van der Waals surface area contributed by atoms with Gasteiger partial charge in [-0.2, -0.15) is 0 Å². The topological polar surface area (TPSA) is 23.5 Å². The second-order valence-electron chi connectivity index (χ2n) is 5.59. The average Bonchev–Trinajstić information content (AvgIpc) is 2.96. The summed E-state index contributed by atoms with van der Waals surface area (Å²) in [5.41, 5.74) is 1.40. The van der Waals surface area contributed by atoms with Crippen LogP contribution in [0.3, 0.4) is 0 Å². The fourth-order valence-electron chi connectivity index (χ4n) is 3.42. The second kappa shape index (κ2) is 4.02. The molecule has 0 spiro atoms. The van der Waals surface area contributed by atoms with Crippen LogP contribution in [-0.2, 0) is 5.41 Å². The first-order valence-corrected chi connectivity index (χ1v) is 6.76. The van der Waals surface area contributed by atoms with Crippen molar-refractivity contribution in [2.24, 2.45) is 0 Å². The molecule has 1 aromatic carbocycles. The van der Waals surface area contributed by atoms with E-state index in [0.29, 0.717) is 11.8 Å². The number of phenolic OH excluding ortho intramolecular Hbond substituents is 1. The van der Waals surface area contributed by atoms with Crippen molar-refractivity contribution in [3.05, 3.63) is 29.8 Å². The number of benzene rings is 1. The molecule has 1 aromatic rings. The van der Waals surface area contributed by atoms with Gasteiger partial charge in [0.25, 0.3) is 0 Å². The van der Waals surface area contributed by atoms with Gasteiger partial charge in [0.05, 0.1) is 0 Å². The molecule has 0 aromatic heterocycles. The summed E-state index contributed by atoms with van der Waals surface area (Å²) in [6, 6.07) is 8.46. The molecule has 2 heteroatoms. The Morgan fingerprint density at radius 3 is 2.41 bits per heavy atom. The van der Waals surface area contributed by atoms with E-state index in [-0.39, 0.29) is 5.41 Å². The molecule has 1 atom stereocenters. The third-order valence-corrected chi connectivity index (χ3v) is 4.72. The number of hydrogen-bond acceptors (Lipinski definition) is 2. The van der Waals surface area contributed by atoms with Crippen molar-refractivity contribution in [2.75, 3.05) is 13.1 Å². The fraction of sp³-hybridized carbons (Fsp3) is 0.600. The monoisotopic (exact) mass is 231 g/mol. The van der Waals surface area contributed by atoms with Crippen LogP contribution in [0.1, 0.15) is 38.2 Å². The first-order valence-electron chi connectivity index (χ1n) is 6.76. The molecule has 1 saturated carbocycles. The summed E-state index contributed by atoms with van der Waals surface area (Å²) in [6.07, 6.45) is 5.12. The molecule has 1 heterocycles. The second-order valence-corrected chi connectivity index (χ2v) is 5.59. The lowest BCUT2D eigenvalue weighted by Gasteiger charge is -2.32. The van der Waals surface area contributed by atoms with Gasteiger partial charge in [0.1, 0.15) is 5.75 Å². The van der Waals surface area contributed by atoms with Crippen molar-refractivity contribution in [2.45, 2.75) is 44.1 Å². The van der Waals surface area contributed by atoms with E-state index in [1.165, 1.54) is 44.3 Å². The number of nitrogens with zero attached hydrogens (tertiary/aromatic N) is 1. The highest BCUT2D eigenvalue weighted by Crippen LogP contribution is 2.55. The molecule has 17 heavy (non-hydrogen) atoms. The molecule has 1 aliphatic carbocycles. The van der Waals surface area contributed by atoms with Gasteiger partial charge < -0.3 is 5.11 Å². The summed E-state index contributed by atoms with van der Waals surface area (Å²) in [5, 5.41) is 10.1. The Bertz CT molecular complexity index is 405. The molecule has 2 nitrogen and oxygen atoms in total. The molecule has 1 unspecified atom stereocenters. The zero-order chi connectivity index (χ0) is 11.9. The van der Waals surface area contributed by atoms with Crippen LogP contribution in [0.15, 0.2) is 24.3 Å². The van der Waals surface area contributed by atoms with Gasteiger partial charge in [-0.25, -0.2) is 0 Å². The van der Waals surface area contributed by atoms with Gasteiger partial charge in [0.15, 0.2) is 0 Å². The lowest BCUT2D eigenvalue weighted by atomic mass is 9.87. The van der Waals surface area contributed by atoms with Gasteiger partial charge in [-0.15, -0.1) is 0 Å². The molecule has 1 saturated heterocycles. The van der Waals surface area contributed by atoms with E-state index in [0.717, 1.165) is 0 Å². The minimum atomic E-state index is 0.232. The predicted octanol–water partition coefficient (Wildman–Crippen LogP) is 2.91. The van der Waals surface area contributed by atoms with Gasteiger partial charge in [0, 0.05) is 17.0 Å². The van der Waals surface area contributed by atoms with E-state index in [9.17, 15) is 5.11 Å². The zero-order valence-electron chi connectivity index (χ0n) is 10.5. The Hall–Kier alpha value is -1.02. The molecule has 0 amide bonds. The van der Waals surface area contributed by atoms with Crippen LogP contribution in [0.25, 0.3) is 0 Å². The van der Waals surface area contributed by atoms with E-state index in [1.807, 2.05) is 18.2 Å². The lowest BCUT2D eigenvalue weighted by molar-refractivity contribution is 0.212. The molecule has 1 aliphatic heterocycles. The Morgan fingerprint density at radius 1 is 1.18 bits per heavy atom. The van der Waals surface area contributed by atoms with E-state index in [1.54, 1.807) is 0 Å². The SMILES string of the molecule is CC(N1CCCC1)C1(c2ccccc2O)CC1. The molecule has 3 rings (SSSR count). The Labute approximate surface area is 103 Å². The molecular weight excluding hydrogens is 210 g/mol. The van der Waals surface area contributed by atoms with Crippen molar-refractivity contribution in [1.82, 2.24) is 4.90 Å². The normalized spacial score (nSPS) is 24.8. The van der Waals surface area contributed by atoms with Crippen molar-refractivity contribution >= 4 is 0 Å². The van der Waals surface area contributed by atoms with E-state index in [4.69, 9.17) is 0 Å². The molecule has 0 radical (unpaired) electrons. The summed E-state index contributed by atoms with van der Waals surface area (Å²) in [5.74, 6) is 0.482. The molecule has 1 N–H and O–H groups in total. The smallest absolute Gasteiger partial charge is 0.119 e. The van der Waals surface area contributed by atoms with Crippen LogP contribution in [0, 0.1) is 0 Å². The van der Waals surface area contributed by atoms with Crippen molar-refractivity contribution in [3.8, 4) is 5.75 Å². The van der Waals surface area contributed by atoms with E-state index in [2.05, 4.69) is 17.9 Å². The highest BCUT2D eigenvalue weighted by atomic mass is 16.3. The van der Waals surface area contributed by atoms with Crippen molar-refractivity contribution < 1.29 is 5.11 Å². The quantitative estimate of drug-likeness (QED) is 0.864. The first kappa shape index (κ1) is 11.1. The predicted molar refractivity (Wildman–Crippen MR) is 69.3 cm³/mol. The third kappa shape index (κ3) is 1.75.